The highest BCUT2D eigenvalue weighted by molar-refractivity contribution is 8.00. The van der Waals surface area contributed by atoms with Crippen molar-refractivity contribution in [3.63, 3.8) is 0 Å². The Morgan fingerprint density at radius 1 is 1.03 bits per heavy atom. The summed E-state index contributed by atoms with van der Waals surface area (Å²) in [5.41, 5.74) is 3.43. The molecule has 0 radical (unpaired) electrons. The lowest BCUT2D eigenvalue weighted by molar-refractivity contribution is -0.384. The molecule has 0 atom stereocenters. The van der Waals surface area contributed by atoms with Crippen LogP contribution in [0, 0.1) is 17.0 Å². The van der Waals surface area contributed by atoms with Gasteiger partial charge in [-0.2, -0.15) is 0 Å². The van der Waals surface area contributed by atoms with Crippen LogP contribution in [0.3, 0.4) is 0 Å². The molecule has 1 aromatic heterocycles. The number of amides is 2. The smallest absolute Gasteiger partial charge is 0.270 e. The number of anilines is 2. The first-order chi connectivity index (χ1) is 16.9. The number of non-ortho nitro benzene ring substituents is 1. The van der Waals surface area contributed by atoms with Gasteiger partial charge in [-0.1, -0.05) is 35.9 Å². The summed E-state index contributed by atoms with van der Waals surface area (Å²) in [5, 5.41) is 18.8. The third-order valence-electron chi connectivity index (χ3n) is 4.88. The molecule has 0 aliphatic heterocycles. The molecule has 10 heteroatoms. The van der Waals surface area contributed by atoms with Crippen LogP contribution in [0.15, 0.2) is 83.1 Å². The molecule has 0 aliphatic carbocycles. The molecular formula is C25H20N4O4S2. The number of thioether (sulfide) groups is 1. The van der Waals surface area contributed by atoms with E-state index < -0.39 is 4.92 Å². The van der Waals surface area contributed by atoms with Crippen molar-refractivity contribution in [3.8, 4) is 11.3 Å². The number of aryl methyl sites for hydroxylation is 1. The van der Waals surface area contributed by atoms with Crippen molar-refractivity contribution >= 4 is 51.4 Å². The van der Waals surface area contributed by atoms with Gasteiger partial charge in [-0.3, -0.25) is 19.7 Å². The fourth-order valence-electron chi connectivity index (χ4n) is 3.12. The molecule has 0 unspecified atom stereocenters. The van der Waals surface area contributed by atoms with Crippen molar-refractivity contribution in [2.45, 2.75) is 11.8 Å². The summed E-state index contributed by atoms with van der Waals surface area (Å²) in [6.45, 7) is 1.96. The first-order valence-corrected chi connectivity index (χ1v) is 12.3. The van der Waals surface area contributed by atoms with Gasteiger partial charge in [0.2, 0.25) is 5.91 Å². The average Bonchev–Trinajstić information content (AvgIpc) is 3.32. The maximum atomic E-state index is 12.4. The molecule has 0 fully saturated rings. The van der Waals surface area contributed by atoms with Crippen molar-refractivity contribution < 1.29 is 14.5 Å². The van der Waals surface area contributed by atoms with E-state index in [1.165, 1.54) is 35.2 Å². The molecule has 2 amide bonds. The van der Waals surface area contributed by atoms with Crippen LogP contribution in [0.1, 0.15) is 15.9 Å². The largest absolute Gasteiger partial charge is 0.322 e. The Bertz CT molecular complexity index is 1390. The van der Waals surface area contributed by atoms with Gasteiger partial charge in [-0.15, -0.1) is 23.1 Å². The van der Waals surface area contributed by atoms with Crippen LogP contribution in [0.5, 0.6) is 0 Å². The summed E-state index contributed by atoms with van der Waals surface area (Å²) in [4.78, 5) is 40.6. The predicted molar refractivity (Wildman–Crippen MR) is 139 cm³/mol. The van der Waals surface area contributed by atoms with E-state index in [4.69, 9.17) is 0 Å². The lowest BCUT2D eigenvalue weighted by Crippen LogP contribution is -2.14. The number of nitro benzene ring substituents is 1. The van der Waals surface area contributed by atoms with Crippen LogP contribution >= 0.6 is 23.1 Å². The van der Waals surface area contributed by atoms with Gasteiger partial charge in [-0.05, 0) is 37.3 Å². The Labute approximate surface area is 209 Å². The molecule has 0 spiro atoms. The standard InChI is InChI=1S/C25H20N4O4S2/c1-16-8-10-17(11-9-16)24(31)26-19-5-3-7-21(13-19)34-15-23(30)28-25-27-22(14-35-25)18-4-2-6-20(12-18)29(32)33/h2-14H,15H2,1H3,(H,26,31)(H,27,28,30). The Hall–Kier alpha value is -4.02. The number of rotatable bonds is 8. The van der Waals surface area contributed by atoms with Gasteiger partial charge >= 0.3 is 0 Å². The molecule has 0 saturated heterocycles. The van der Waals surface area contributed by atoms with Gasteiger partial charge in [0, 0.05) is 39.2 Å². The molecule has 2 N–H and O–H groups in total. The predicted octanol–water partition coefficient (Wildman–Crippen LogP) is 6.01. The number of hydrogen-bond donors (Lipinski definition) is 2. The zero-order valence-corrected chi connectivity index (χ0v) is 20.2. The maximum absolute atomic E-state index is 12.4. The number of nitrogens with one attached hydrogen (secondary N) is 2. The first kappa shape index (κ1) is 24.1. The van der Waals surface area contributed by atoms with E-state index in [2.05, 4.69) is 15.6 Å². The number of carbonyl (C=O) groups excluding carboxylic acids is 2. The van der Waals surface area contributed by atoms with Crippen molar-refractivity contribution in [1.29, 1.82) is 0 Å². The van der Waals surface area contributed by atoms with Crippen LogP contribution in [0.25, 0.3) is 11.3 Å². The zero-order chi connectivity index (χ0) is 24.8. The highest BCUT2D eigenvalue weighted by atomic mass is 32.2. The van der Waals surface area contributed by atoms with E-state index in [9.17, 15) is 19.7 Å². The third-order valence-corrected chi connectivity index (χ3v) is 6.63. The van der Waals surface area contributed by atoms with E-state index in [-0.39, 0.29) is 23.3 Å². The SMILES string of the molecule is Cc1ccc(C(=O)Nc2cccc(SCC(=O)Nc3nc(-c4cccc([N+](=O)[O-])c4)cs3)c2)cc1. The summed E-state index contributed by atoms with van der Waals surface area (Å²) >= 11 is 2.58. The first-order valence-electron chi connectivity index (χ1n) is 10.5. The minimum atomic E-state index is -0.460. The van der Waals surface area contributed by atoms with E-state index in [1.807, 2.05) is 37.3 Å². The van der Waals surface area contributed by atoms with Gasteiger partial charge in [0.25, 0.3) is 11.6 Å². The molecule has 4 aromatic rings. The summed E-state index contributed by atoms with van der Waals surface area (Å²) in [5.74, 6) is -0.279. The third kappa shape index (κ3) is 6.52. The molecule has 1 heterocycles. The quantitative estimate of drug-likeness (QED) is 0.173. The van der Waals surface area contributed by atoms with Crippen LogP contribution in [0.4, 0.5) is 16.5 Å². The average molecular weight is 505 g/mol. The molecule has 0 saturated carbocycles. The van der Waals surface area contributed by atoms with Gasteiger partial charge in [0.15, 0.2) is 5.13 Å². The van der Waals surface area contributed by atoms with Crippen LogP contribution in [-0.2, 0) is 4.79 Å². The maximum Gasteiger partial charge on any atom is 0.270 e. The van der Waals surface area contributed by atoms with E-state index in [0.717, 1.165) is 10.5 Å². The molecule has 176 valence electrons. The van der Waals surface area contributed by atoms with Crippen molar-refractivity contribution in [2.24, 2.45) is 0 Å². The Morgan fingerprint density at radius 3 is 2.57 bits per heavy atom. The van der Waals surface area contributed by atoms with Crippen molar-refractivity contribution in [2.75, 3.05) is 16.4 Å². The fourth-order valence-corrected chi connectivity index (χ4v) is 4.61. The topological polar surface area (TPSA) is 114 Å². The second kappa shape index (κ2) is 10.9. The number of aromatic nitrogens is 1. The van der Waals surface area contributed by atoms with Crippen molar-refractivity contribution in [3.05, 3.63) is 99.4 Å². The normalized spacial score (nSPS) is 10.5. The minimum Gasteiger partial charge on any atom is -0.322 e. The van der Waals surface area contributed by atoms with E-state index in [0.29, 0.717) is 27.6 Å². The molecule has 4 rings (SSSR count). The van der Waals surface area contributed by atoms with Gasteiger partial charge < -0.3 is 10.6 Å². The fraction of sp³-hybridized carbons (Fsp3) is 0.0800. The summed E-state index contributed by atoms with van der Waals surface area (Å²) in [6, 6.07) is 20.8. The number of nitro groups is 1. The molecule has 0 aliphatic rings. The minimum absolute atomic E-state index is 0.0187. The lowest BCUT2D eigenvalue weighted by atomic mass is 10.1. The van der Waals surface area contributed by atoms with Crippen LogP contribution in [0.2, 0.25) is 0 Å². The Morgan fingerprint density at radius 2 is 1.80 bits per heavy atom. The Kier molecular flexibility index (Phi) is 7.54. The van der Waals surface area contributed by atoms with Gasteiger partial charge in [0.05, 0.1) is 16.4 Å². The second-order valence-corrected chi connectivity index (χ2v) is 9.44. The van der Waals surface area contributed by atoms with Crippen LogP contribution < -0.4 is 10.6 Å². The highest BCUT2D eigenvalue weighted by Gasteiger charge is 2.12. The molecular weight excluding hydrogens is 484 g/mol. The monoisotopic (exact) mass is 504 g/mol. The zero-order valence-electron chi connectivity index (χ0n) is 18.6. The molecule has 8 nitrogen and oxygen atoms in total. The lowest BCUT2D eigenvalue weighted by Gasteiger charge is -2.08. The summed E-state index contributed by atoms with van der Waals surface area (Å²) < 4.78 is 0. The number of carbonyl (C=O) groups is 2. The number of nitrogens with zero attached hydrogens (tertiary/aromatic N) is 2. The summed E-state index contributed by atoms with van der Waals surface area (Å²) in [7, 11) is 0. The van der Waals surface area contributed by atoms with Crippen molar-refractivity contribution in [1.82, 2.24) is 4.98 Å². The van der Waals surface area contributed by atoms with Gasteiger partial charge in [-0.25, -0.2) is 4.98 Å². The molecule has 35 heavy (non-hydrogen) atoms. The number of thiazole rings is 1. The van der Waals surface area contributed by atoms with E-state index >= 15 is 0 Å². The number of hydrogen-bond acceptors (Lipinski definition) is 7. The van der Waals surface area contributed by atoms with Crippen LogP contribution in [-0.4, -0.2) is 27.5 Å². The van der Waals surface area contributed by atoms with Gasteiger partial charge in [0.1, 0.15) is 0 Å². The second-order valence-electron chi connectivity index (χ2n) is 7.53. The Balaban J connectivity index is 1.32. The highest BCUT2D eigenvalue weighted by Crippen LogP contribution is 2.28. The summed E-state index contributed by atoms with van der Waals surface area (Å²) in [6.07, 6.45) is 0. The molecule has 3 aromatic carbocycles. The van der Waals surface area contributed by atoms with E-state index in [1.54, 1.807) is 35.7 Å². The molecule has 0 bridgehead atoms. The number of benzene rings is 3.